The number of hydrogen-bond acceptors (Lipinski definition) is 3. The Bertz CT molecular complexity index is 545. The van der Waals surface area contributed by atoms with Crippen LogP contribution < -0.4 is 0 Å². The molecule has 1 heterocycles. The van der Waals surface area contributed by atoms with Gasteiger partial charge in [-0.25, -0.2) is 8.42 Å². The van der Waals surface area contributed by atoms with Crippen LogP contribution in [-0.4, -0.2) is 37.4 Å². The van der Waals surface area contributed by atoms with Gasteiger partial charge in [-0.15, -0.1) is 0 Å². The first-order valence-electron chi connectivity index (χ1n) is 5.76. The van der Waals surface area contributed by atoms with Crippen molar-refractivity contribution in [3.05, 3.63) is 33.8 Å². The fourth-order valence-electron chi connectivity index (χ4n) is 2.15. The van der Waals surface area contributed by atoms with Crippen LogP contribution in [-0.2, 0) is 16.4 Å². The highest BCUT2D eigenvalue weighted by atomic mass is 35.5. The fourth-order valence-corrected chi connectivity index (χ4v) is 4.15. The summed E-state index contributed by atoms with van der Waals surface area (Å²) >= 11 is 12.1. The number of hydrogen-bond donors (Lipinski definition) is 0. The zero-order valence-electron chi connectivity index (χ0n) is 10.1. The molecule has 1 aliphatic rings. The van der Waals surface area contributed by atoms with Gasteiger partial charge in [-0.1, -0.05) is 23.2 Å². The molecule has 2 rings (SSSR count). The maximum absolute atomic E-state index is 11.5. The third kappa shape index (κ3) is 3.38. The van der Waals surface area contributed by atoms with Crippen LogP contribution in [0.2, 0.25) is 10.0 Å². The highest BCUT2D eigenvalue weighted by Crippen LogP contribution is 2.24. The van der Waals surface area contributed by atoms with Crippen LogP contribution in [0.1, 0.15) is 12.5 Å². The van der Waals surface area contributed by atoms with E-state index in [1.807, 2.05) is 13.0 Å². The Labute approximate surface area is 118 Å². The van der Waals surface area contributed by atoms with Gasteiger partial charge < -0.3 is 0 Å². The van der Waals surface area contributed by atoms with Crippen molar-refractivity contribution in [1.29, 1.82) is 0 Å². The second-order valence-corrected chi connectivity index (χ2v) is 7.74. The van der Waals surface area contributed by atoms with Gasteiger partial charge in [-0.2, -0.15) is 0 Å². The lowest BCUT2D eigenvalue weighted by atomic mass is 10.2. The SMILES string of the molecule is C[C@H]1CS(=O)(=O)CCN1Cc1cc(Cl)ccc1Cl. The Balaban J connectivity index is 2.12. The van der Waals surface area contributed by atoms with Gasteiger partial charge in [0.05, 0.1) is 11.5 Å². The molecule has 1 atom stereocenters. The maximum Gasteiger partial charge on any atom is 0.153 e. The Hall–Kier alpha value is -0.290. The van der Waals surface area contributed by atoms with Crippen molar-refractivity contribution in [2.24, 2.45) is 0 Å². The molecule has 0 aromatic heterocycles. The summed E-state index contributed by atoms with van der Waals surface area (Å²) in [7, 11) is -2.88. The van der Waals surface area contributed by atoms with Crippen LogP contribution in [0.15, 0.2) is 18.2 Å². The lowest BCUT2D eigenvalue weighted by Crippen LogP contribution is -2.46. The van der Waals surface area contributed by atoms with E-state index in [1.165, 1.54) is 0 Å². The molecule has 18 heavy (non-hydrogen) atoms. The molecular formula is C12H15Cl2NO2S. The summed E-state index contributed by atoms with van der Waals surface area (Å²) in [5.41, 5.74) is 0.940. The zero-order chi connectivity index (χ0) is 13.3. The number of sulfone groups is 1. The molecule has 1 aromatic carbocycles. The summed E-state index contributed by atoms with van der Waals surface area (Å²) in [5.74, 6) is 0.431. The normalized spacial score (nSPS) is 24.1. The highest BCUT2D eigenvalue weighted by Gasteiger charge is 2.28. The van der Waals surface area contributed by atoms with E-state index in [1.54, 1.807) is 12.1 Å². The second-order valence-electron chi connectivity index (χ2n) is 4.67. The van der Waals surface area contributed by atoms with Gasteiger partial charge in [0.1, 0.15) is 0 Å². The molecule has 1 aliphatic heterocycles. The van der Waals surface area contributed by atoms with Crippen molar-refractivity contribution in [3.8, 4) is 0 Å². The Kier molecular flexibility index (Phi) is 4.22. The largest absolute Gasteiger partial charge is 0.294 e. The van der Waals surface area contributed by atoms with Gasteiger partial charge in [-0.3, -0.25) is 4.90 Å². The van der Waals surface area contributed by atoms with Gasteiger partial charge in [0, 0.05) is 29.2 Å². The average Bonchev–Trinajstić information content (AvgIpc) is 2.26. The fraction of sp³-hybridized carbons (Fsp3) is 0.500. The molecule has 6 heteroatoms. The molecule has 0 aliphatic carbocycles. The summed E-state index contributed by atoms with van der Waals surface area (Å²) in [6.45, 7) is 3.11. The van der Waals surface area contributed by atoms with Gasteiger partial charge in [0.15, 0.2) is 9.84 Å². The monoisotopic (exact) mass is 307 g/mol. The van der Waals surface area contributed by atoms with Crippen molar-refractivity contribution in [2.45, 2.75) is 19.5 Å². The van der Waals surface area contributed by atoms with Gasteiger partial charge in [0.25, 0.3) is 0 Å². The van der Waals surface area contributed by atoms with E-state index in [-0.39, 0.29) is 17.5 Å². The number of halogens is 2. The summed E-state index contributed by atoms with van der Waals surface area (Å²) in [6.07, 6.45) is 0. The van der Waals surface area contributed by atoms with E-state index in [0.29, 0.717) is 23.1 Å². The first kappa shape index (κ1) is 14.1. The molecule has 3 nitrogen and oxygen atoms in total. The minimum Gasteiger partial charge on any atom is -0.294 e. The maximum atomic E-state index is 11.5. The molecule has 1 aromatic rings. The van der Waals surface area contributed by atoms with Crippen molar-refractivity contribution >= 4 is 33.0 Å². The van der Waals surface area contributed by atoms with Gasteiger partial charge in [0.2, 0.25) is 0 Å². The average molecular weight is 308 g/mol. The van der Waals surface area contributed by atoms with Crippen LogP contribution >= 0.6 is 23.2 Å². The second kappa shape index (κ2) is 5.37. The Morgan fingerprint density at radius 1 is 1.39 bits per heavy atom. The molecule has 0 N–H and O–H groups in total. The first-order valence-corrected chi connectivity index (χ1v) is 8.33. The Morgan fingerprint density at radius 3 is 2.78 bits per heavy atom. The van der Waals surface area contributed by atoms with E-state index in [9.17, 15) is 8.42 Å². The summed E-state index contributed by atoms with van der Waals surface area (Å²) < 4.78 is 23.0. The predicted octanol–water partition coefficient (Wildman–Crippen LogP) is 2.61. The number of benzene rings is 1. The van der Waals surface area contributed by atoms with Crippen molar-refractivity contribution in [1.82, 2.24) is 4.90 Å². The minimum atomic E-state index is -2.88. The molecule has 100 valence electrons. The van der Waals surface area contributed by atoms with Crippen LogP contribution in [0.3, 0.4) is 0 Å². The van der Waals surface area contributed by atoms with Crippen molar-refractivity contribution < 1.29 is 8.42 Å². The number of nitrogens with zero attached hydrogens (tertiary/aromatic N) is 1. The van der Waals surface area contributed by atoms with Crippen molar-refractivity contribution in [2.75, 3.05) is 18.1 Å². The lowest BCUT2D eigenvalue weighted by molar-refractivity contribution is 0.218. The lowest BCUT2D eigenvalue weighted by Gasteiger charge is -2.33. The smallest absolute Gasteiger partial charge is 0.153 e. The third-order valence-corrected chi connectivity index (χ3v) is 5.59. The molecule has 1 fully saturated rings. The van der Waals surface area contributed by atoms with Gasteiger partial charge in [-0.05, 0) is 30.7 Å². The molecule has 0 bridgehead atoms. The molecule has 0 radical (unpaired) electrons. The topological polar surface area (TPSA) is 37.4 Å². The quantitative estimate of drug-likeness (QED) is 0.843. The van der Waals surface area contributed by atoms with E-state index in [2.05, 4.69) is 4.90 Å². The molecule has 0 amide bonds. The first-order chi connectivity index (χ1) is 8.37. The van der Waals surface area contributed by atoms with E-state index in [0.717, 1.165) is 5.56 Å². The minimum absolute atomic E-state index is 0.0128. The van der Waals surface area contributed by atoms with E-state index in [4.69, 9.17) is 23.2 Å². The molecule has 0 spiro atoms. The predicted molar refractivity (Wildman–Crippen MR) is 75.0 cm³/mol. The van der Waals surface area contributed by atoms with E-state index < -0.39 is 9.84 Å². The van der Waals surface area contributed by atoms with Crippen LogP contribution in [0.25, 0.3) is 0 Å². The standard InChI is InChI=1S/C12H15Cl2NO2S/c1-9-8-18(16,17)5-4-15(9)7-10-6-11(13)2-3-12(10)14/h2-3,6,9H,4-5,7-8H2,1H3/t9-/m0/s1. The van der Waals surface area contributed by atoms with Crippen LogP contribution in [0, 0.1) is 0 Å². The van der Waals surface area contributed by atoms with Crippen LogP contribution in [0.4, 0.5) is 0 Å². The molecule has 0 unspecified atom stereocenters. The number of rotatable bonds is 2. The van der Waals surface area contributed by atoms with Crippen LogP contribution in [0.5, 0.6) is 0 Å². The van der Waals surface area contributed by atoms with E-state index >= 15 is 0 Å². The molecule has 1 saturated heterocycles. The summed E-state index contributed by atoms with van der Waals surface area (Å²) in [6, 6.07) is 5.36. The van der Waals surface area contributed by atoms with Gasteiger partial charge >= 0.3 is 0 Å². The molecule has 0 saturated carbocycles. The third-order valence-electron chi connectivity index (χ3n) is 3.19. The summed E-state index contributed by atoms with van der Waals surface area (Å²) in [5, 5.41) is 1.31. The summed E-state index contributed by atoms with van der Waals surface area (Å²) in [4.78, 5) is 2.12. The highest BCUT2D eigenvalue weighted by molar-refractivity contribution is 7.91. The molecular weight excluding hydrogens is 293 g/mol. The van der Waals surface area contributed by atoms with Crippen molar-refractivity contribution in [3.63, 3.8) is 0 Å². The zero-order valence-corrected chi connectivity index (χ0v) is 12.4. The Morgan fingerprint density at radius 2 is 2.11 bits per heavy atom.